The zero-order valence-corrected chi connectivity index (χ0v) is 10.9. The summed E-state index contributed by atoms with van der Waals surface area (Å²) in [6.45, 7) is 1.83. The second kappa shape index (κ2) is 4.77. The lowest BCUT2D eigenvalue weighted by Gasteiger charge is -2.07. The summed E-state index contributed by atoms with van der Waals surface area (Å²) in [6, 6.07) is 13.9. The van der Waals surface area contributed by atoms with Crippen molar-refractivity contribution < 1.29 is 9.90 Å². The smallest absolute Gasteiger partial charge is 0.309 e. The van der Waals surface area contributed by atoms with Crippen LogP contribution in [0.25, 0.3) is 16.5 Å². The Bertz CT molecular complexity index is 787. The Morgan fingerprint density at radius 3 is 2.75 bits per heavy atom. The van der Waals surface area contributed by atoms with Gasteiger partial charge in [0, 0.05) is 5.39 Å². The largest absolute Gasteiger partial charge is 0.481 e. The van der Waals surface area contributed by atoms with Crippen LogP contribution in [0.4, 0.5) is 0 Å². The van der Waals surface area contributed by atoms with E-state index in [9.17, 15) is 4.79 Å². The van der Waals surface area contributed by atoms with Crippen molar-refractivity contribution in [2.24, 2.45) is 0 Å². The molecule has 1 aromatic heterocycles. The van der Waals surface area contributed by atoms with Crippen molar-refractivity contribution in [3.63, 3.8) is 0 Å². The third-order valence-corrected chi connectivity index (χ3v) is 3.30. The molecule has 0 spiro atoms. The Morgan fingerprint density at radius 2 is 1.95 bits per heavy atom. The molecule has 0 aliphatic heterocycles. The van der Waals surface area contributed by atoms with Crippen LogP contribution in [0.5, 0.6) is 0 Å². The summed E-state index contributed by atoms with van der Waals surface area (Å²) in [5.41, 5.74) is 2.15. The molecule has 0 aliphatic rings. The molecule has 0 radical (unpaired) electrons. The Labute approximate surface area is 115 Å². The van der Waals surface area contributed by atoms with E-state index in [4.69, 9.17) is 5.11 Å². The van der Waals surface area contributed by atoms with Gasteiger partial charge in [0.25, 0.3) is 0 Å². The van der Waals surface area contributed by atoms with Gasteiger partial charge in [-0.05, 0) is 18.4 Å². The lowest BCUT2D eigenvalue weighted by Crippen LogP contribution is -2.04. The maximum absolute atomic E-state index is 10.8. The standard InChI is InChI=1S/C15H13N3O2/c1-10-13(9-15(19)20)16-17-18(10)14-8-4-6-11-5-2-3-7-12(11)14/h2-8H,9H2,1H3,(H,19,20). The molecule has 5 heteroatoms. The van der Waals surface area contributed by atoms with Crippen molar-refractivity contribution in [2.45, 2.75) is 13.3 Å². The van der Waals surface area contributed by atoms with E-state index in [1.165, 1.54) is 0 Å². The van der Waals surface area contributed by atoms with Crippen LogP contribution >= 0.6 is 0 Å². The van der Waals surface area contributed by atoms with E-state index in [0.717, 1.165) is 22.2 Å². The van der Waals surface area contributed by atoms with E-state index in [1.54, 1.807) is 4.68 Å². The normalized spacial score (nSPS) is 10.8. The molecule has 0 aliphatic carbocycles. The summed E-state index contributed by atoms with van der Waals surface area (Å²) >= 11 is 0. The lowest BCUT2D eigenvalue weighted by molar-refractivity contribution is -0.136. The molecule has 20 heavy (non-hydrogen) atoms. The van der Waals surface area contributed by atoms with Gasteiger partial charge in [-0.3, -0.25) is 4.79 Å². The molecular weight excluding hydrogens is 254 g/mol. The Hall–Kier alpha value is -2.69. The number of carboxylic acids is 1. The predicted octanol–water partition coefficient (Wildman–Crippen LogP) is 2.36. The number of carbonyl (C=O) groups is 1. The topological polar surface area (TPSA) is 68.0 Å². The predicted molar refractivity (Wildman–Crippen MR) is 74.9 cm³/mol. The quantitative estimate of drug-likeness (QED) is 0.791. The molecule has 3 aromatic rings. The minimum Gasteiger partial charge on any atom is -0.481 e. The number of aliphatic carboxylic acids is 1. The molecule has 0 saturated carbocycles. The number of aromatic nitrogens is 3. The first kappa shape index (κ1) is 12.3. The summed E-state index contributed by atoms with van der Waals surface area (Å²) in [5, 5.41) is 19.1. The van der Waals surface area contributed by atoms with Crippen molar-refractivity contribution in [2.75, 3.05) is 0 Å². The van der Waals surface area contributed by atoms with E-state index in [2.05, 4.69) is 10.3 Å². The minimum atomic E-state index is -0.905. The molecule has 1 heterocycles. The van der Waals surface area contributed by atoms with Crippen LogP contribution in [0.15, 0.2) is 42.5 Å². The Balaban J connectivity index is 2.17. The van der Waals surface area contributed by atoms with Gasteiger partial charge < -0.3 is 5.11 Å². The molecule has 0 fully saturated rings. The molecule has 1 N–H and O–H groups in total. The van der Waals surface area contributed by atoms with Crippen LogP contribution in [0.2, 0.25) is 0 Å². The van der Waals surface area contributed by atoms with Crippen LogP contribution in [0, 0.1) is 6.92 Å². The van der Waals surface area contributed by atoms with Crippen molar-refractivity contribution in [3.8, 4) is 5.69 Å². The Kier molecular flexibility index (Phi) is 2.95. The van der Waals surface area contributed by atoms with Crippen LogP contribution in [-0.4, -0.2) is 26.1 Å². The molecule has 100 valence electrons. The van der Waals surface area contributed by atoms with Gasteiger partial charge in [-0.25, -0.2) is 4.68 Å². The van der Waals surface area contributed by atoms with Crippen LogP contribution in [0.3, 0.4) is 0 Å². The highest BCUT2D eigenvalue weighted by atomic mass is 16.4. The Morgan fingerprint density at radius 1 is 1.20 bits per heavy atom. The van der Waals surface area contributed by atoms with E-state index in [-0.39, 0.29) is 6.42 Å². The summed E-state index contributed by atoms with van der Waals surface area (Å²) in [7, 11) is 0. The van der Waals surface area contributed by atoms with Gasteiger partial charge in [-0.15, -0.1) is 5.10 Å². The van der Waals surface area contributed by atoms with E-state index in [0.29, 0.717) is 5.69 Å². The van der Waals surface area contributed by atoms with Crippen molar-refractivity contribution in [1.29, 1.82) is 0 Å². The maximum Gasteiger partial charge on any atom is 0.309 e. The molecule has 3 rings (SSSR count). The number of hydrogen-bond donors (Lipinski definition) is 1. The monoisotopic (exact) mass is 267 g/mol. The molecular formula is C15H13N3O2. The SMILES string of the molecule is Cc1c(CC(=O)O)nnn1-c1cccc2ccccc12. The number of hydrogen-bond acceptors (Lipinski definition) is 3. The van der Waals surface area contributed by atoms with Gasteiger partial charge in [0.2, 0.25) is 0 Å². The summed E-state index contributed by atoms with van der Waals surface area (Å²) in [4.78, 5) is 10.8. The highest BCUT2D eigenvalue weighted by molar-refractivity contribution is 5.90. The fraction of sp³-hybridized carbons (Fsp3) is 0.133. The first-order chi connectivity index (χ1) is 9.66. The molecule has 0 saturated heterocycles. The first-order valence-electron chi connectivity index (χ1n) is 6.28. The highest BCUT2D eigenvalue weighted by Crippen LogP contribution is 2.23. The van der Waals surface area contributed by atoms with Gasteiger partial charge in [0.1, 0.15) is 0 Å². The first-order valence-corrected chi connectivity index (χ1v) is 6.28. The zero-order chi connectivity index (χ0) is 14.1. The molecule has 0 bridgehead atoms. The number of benzene rings is 2. The van der Waals surface area contributed by atoms with Crippen molar-refractivity contribution in [3.05, 3.63) is 53.9 Å². The molecule has 5 nitrogen and oxygen atoms in total. The van der Waals surface area contributed by atoms with E-state index in [1.807, 2.05) is 49.4 Å². The number of nitrogens with zero attached hydrogens (tertiary/aromatic N) is 3. The van der Waals surface area contributed by atoms with Gasteiger partial charge in [0.15, 0.2) is 0 Å². The highest BCUT2D eigenvalue weighted by Gasteiger charge is 2.14. The number of rotatable bonds is 3. The second-order valence-corrected chi connectivity index (χ2v) is 4.60. The van der Waals surface area contributed by atoms with Crippen molar-refractivity contribution in [1.82, 2.24) is 15.0 Å². The summed E-state index contributed by atoms with van der Waals surface area (Å²) < 4.78 is 1.70. The molecule has 0 unspecified atom stereocenters. The fourth-order valence-electron chi connectivity index (χ4n) is 2.29. The third kappa shape index (κ3) is 2.03. The van der Waals surface area contributed by atoms with Gasteiger partial charge in [-0.2, -0.15) is 0 Å². The fourth-order valence-corrected chi connectivity index (χ4v) is 2.29. The van der Waals surface area contributed by atoms with Gasteiger partial charge >= 0.3 is 5.97 Å². The average Bonchev–Trinajstić information content (AvgIpc) is 2.79. The maximum atomic E-state index is 10.8. The van der Waals surface area contributed by atoms with Crippen LogP contribution in [0.1, 0.15) is 11.4 Å². The van der Waals surface area contributed by atoms with Gasteiger partial charge in [0.05, 0.1) is 23.5 Å². The van der Waals surface area contributed by atoms with Crippen LogP contribution in [-0.2, 0) is 11.2 Å². The zero-order valence-electron chi connectivity index (χ0n) is 10.9. The summed E-state index contributed by atoms with van der Waals surface area (Å²) in [6.07, 6.45) is -0.114. The third-order valence-electron chi connectivity index (χ3n) is 3.30. The van der Waals surface area contributed by atoms with E-state index < -0.39 is 5.97 Å². The molecule has 2 aromatic carbocycles. The summed E-state index contributed by atoms with van der Waals surface area (Å²) in [5.74, 6) is -0.905. The van der Waals surface area contributed by atoms with Gasteiger partial charge in [-0.1, -0.05) is 41.6 Å². The number of fused-ring (bicyclic) bond motifs is 1. The molecule has 0 amide bonds. The lowest BCUT2D eigenvalue weighted by atomic mass is 10.1. The molecule has 0 atom stereocenters. The van der Waals surface area contributed by atoms with Crippen molar-refractivity contribution >= 4 is 16.7 Å². The minimum absolute atomic E-state index is 0.114. The second-order valence-electron chi connectivity index (χ2n) is 4.60. The van der Waals surface area contributed by atoms with E-state index >= 15 is 0 Å². The number of carboxylic acid groups (broad SMARTS) is 1. The van der Waals surface area contributed by atoms with Crippen LogP contribution < -0.4 is 0 Å². The average molecular weight is 267 g/mol.